The van der Waals surface area contributed by atoms with Crippen LogP contribution in [-0.2, 0) is 18.3 Å². The van der Waals surface area contributed by atoms with Crippen molar-refractivity contribution in [1.29, 1.82) is 0 Å². The number of rotatable bonds is 6. The molecule has 0 aliphatic carbocycles. The quantitative estimate of drug-likeness (QED) is 0.564. The van der Waals surface area contributed by atoms with Crippen LogP contribution < -0.4 is 0 Å². The summed E-state index contributed by atoms with van der Waals surface area (Å²) < 4.78 is 0. The van der Waals surface area contributed by atoms with Gasteiger partial charge >= 0.3 is 0 Å². The summed E-state index contributed by atoms with van der Waals surface area (Å²) in [4.78, 5) is 0. The summed E-state index contributed by atoms with van der Waals surface area (Å²) in [5.41, 5.74) is 4.45. The maximum Gasteiger partial charge on any atom is 0.0616 e. The van der Waals surface area contributed by atoms with E-state index in [9.17, 15) is 0 Å². The van der Waals surface area contributed by atoms with E-state index in [4.69, 9.17) is 0 Å². The summed E-state index contributed by atoms with van der Waals surface area (Å²) in [6, 6.07) is 25.3. The van der Waals surface area contributed by atoms with Gasteiger partial charge in [0.25, 0.3) is 0 Å². The number of hydrogen-bond donors (Lipinski definition) is 2. The van der Waals surface area contributed by atoms with Crippen molar-refractivity contribution in [2.24, 2.45) is 0 Å². The van der Waals surface area contributed by atoms with Crippen molar-refractivity contribution in [3.05, 3.63) is 108 Å². The van der Waals surface area contributed by atoms with Gasteiger partial charge in [0, 0.05) is 23.8 Å². The van der Waals surface area contributed by atoms with Crippen molar-refractivity contribution in [3.8, 4) is 0 Å². The highest BCUT2D eigenvalue weighted by Gasteiger charge is 2.37. The SMILES string of the molecule is c1ccc(CC(Cc2ccccc2)(c2ccn[nH]2)c2ccn[nH]2)cc1. The minimum absolute atomic E-state index is 0.282. The molecule has 0 bridgehead atoms. The predicted octanol–water partition coefficient (Wildman–Crippen LogP) is 3.90. The summed E-state index contributed by atoms with van der Waals surface area (Å²) in [6.45, 7) is 0. The second-order valence-electron chi connectivity index (χ2n) is 6.35. The molecule has 4 nitrogen and oxygen atoms in total. The van der Waals surface area contributed by atoms with Crippen LogP contribution in [0.2, 0.25) is 0 Å². The van der Waals surface area contributed by atoms with Crippen LogP contribution in [0.1, 0.15) is 22.5 Å². The first kappa shape index (κ1) is 15.4. The zero-order valence-corrected chi connectivity index (χ0v) is 13.9. The van der Waals surface area contributed by atoms with Crippen LogP contribution in [0, 0.1) is 0 Å². The molecule has 0 unspecified atom stereocenters. The van der Waals surface area contributed by atoms with E-state index in [0.717, 1.165) is 24.2 Å². The van der Waals surface area contributed by atoms with E-state index in [2.05, 4.69) is 93.2 Å². The molecule has 2 aromatic carbocycles. The van der Waals surface area contributed by atoms with Gasteiger partial charge in [-0.3, -0.25) is 10.2 Å². The minimum atomic E-state index is -0.282. The second-order valence-corrected chi connectivity index (χ2v) is 6.35. The predicted molar refractivity (Wildman–Crippen MR) is 98.2 cm³/mol. The van der Waals surface area contributed by atoms with Crippen LogP contribution in [0.15, 0.2) is 85.2 Å². The molecule has 4 aromatic rings. The zero-order valence-electron chi connectivity index (χ0n) is 13.9. The van der Waals surface area contributed by atoms with E-state index in [-0.39, 0.29) is 5.41 Å². The molecular formula is C21H20N4. The molecule has 4 rings (SSSR count). The second kappa shape index (κ2) is 6.77. The number of hydrogen-bond acceptors (Lipinski definition) is 2. The number of aromatic nitrogens is 4. The molecule has 124 valence electrons. The molecule has 0 aliphatic heterocycles. The molecule has 0 fully saturated rings. The van der Waals surface area contributed by atoms with E-state index >= 15 is 0 Å². The Morgan fingerprint density at radius 3 is 1.40 bits per heavy atom. The molecule has 0 radical (unpaired) electrons. The van der Waals surface area contributed by atoms with E-state index < -0.39 is 0 Å². The van der Waals surface area contributed by atoms with E-state index in [1.165, 1.54) is 11.1 Å². The van der Waals surface area contributed by atoms with E-state index in [1.807, 2.05) is 12.4 Å². The van der Waals surface area contributed by atoms with Crippen molar-refractivity contribution in [1.82, 2.24) is 20.4 Å². The normalized spacial score (nSPS) is 11.5. The molecule has 0 spiro atoms. The summed E-state index contributed by atoms with van der Waals surface area (Å²) in [6.07, 6.45) is 5.34. The number of benzene rings is 2. The average molecular weight is 328 g/mol. The highest BCUT2D eigenvalue weighted by molar-refractivity contribution is 5.37. The molecule has 0 atom stereocenters. The van der Waals surface area contributed by atoms with Gasteiger partial charge in [-0.2, -0.15) is 10.2 Å². The largest absolute Gasteiger partial charge is 0.282 e. The Morgan fingerprint density at radius 1 is 0.600 bits per heavy atom. The molecule has 4 heteroatoms. The van der Waals surface area contributed by atoms with Crippen LogP contribution >= 0.6 is 0 Å². The summed E-state index contributed by atoms with van der Waals surface area (Å²) in [5, 5.41) is 14.9. The number of nitrogens with zero attached hydrogens (tertiary/aromatic N) is 2. The fraction of sp³-hybridized carbons (Fsp3) is 0.143. The third-order valence-electron chi connectivity index (χ3n) is 4.73. The molecule has 0 aliphatic rings. The summed E-state index contributed by atoms with van der Waals surface area (Å²) >= 11 is 0. The van der Waals surface area contributed by atoms with Gasteiger partial charge < -0.3 is 0 Å². The smallest absolute Gasteiger partial charge is 0.0616 e. The Hall–Kier alpha value is -3.14. The van der Waals surface area contributed by atoms with E-state index in [0.29, 0.717) is 0 Å². The lowest BCUT2D eigenvalue weighted by Crippen LogP contribution is -2.34. The topological polar surface area (TPSA) is 57.4 Å². The molecule has 25 heavy (non-hydrogen) atoms. The average Bonchev–Trinajstić information content (AvgIpc) is 3.37. The van der Waals surface area contributed by atoms with Crippen LogP contribution in [0.5, 0.6) is 0 Å². The maximum absolute atomic E-state index is 4.22. The van der Waals surface area contributed by atoms with Gasteiger partial charge in [-0.25, -0.2) is 0 Å². The lowest BCUT2D eigenvalue weighted by Gasteiger charge is -2.32. The van der Waals surface area contributed by atoms with Gasteiger partial charge in [0.15, 0.2) is 0 Å². The van der Waals surface area contributed by atoms with Crippen LogP contribution in [-0.4, -0.2) is 20.4 Å². The number of aromatic amines is 2. The molecule has 0 saturated heterocycles. The fourth-order valence-corrected chi connectivity index (χ4v) is 3.52. The first-order valence-corrected chi connectivity index (χ1v) is 8.44. The fourth-order valence-electron chi connectivity index (χ4n) is 3.52. The number of H-pyrrole nitrogens is 2. The van der Waals surface area contributed by atoms with Crippen molar-refractivity contribution < 1.29 is 0 Å². The van der Waals surface area contributed by atoms with Gasteiger partial charge in [-0.05, 0) is 36.1 Å². The van der Waals surface area contributed by atoms with Gasteiger partial charge in [0.05, 0.1) is 5.41 Å². The van der Waals surface area contributed by atoms with Gasteiger partial charge in [0.2, 0.25) is 0 Å². The van der Waals surface area contributed by atoms with Crippen molar-refractivity contribution in [2.45, 2.75) is 18.3 Å². The lowest BCUT2D eigenvalue weighted by atomic mass is 9.71. The Kier molecular flexibility index (Phi) is 4.17. The molecular weight excluding hydrogens is 308 g/mol. The first-order chi connectivity index (χ1) is 12.4. The van der Waals surface area contributed by atoms with E-state index in [1.54, 1.807) is 0 Å². The van der Waals surface area contributed by atoms with Gasteiger partial charge in [0.1, 0.15) is 0 Å². The Bertz CT molecular complexity index is 804. The Labute approximate surface area is 146 Å². The molecule has 2 aromatic heterocycles. The molecule has 0 amide bonds. The highest BCUT2D eigenvalue weighted by Crippen LogP contribution is 2.37. The summed E-state index contributed by atoms with van der Waals surface area (Å²) in [5.74, 6) is 0. The van der Waals surface area contributed by atoms with Crippen LogP contribution in [0.3, 0.4) is 0 Å². The van der Waals surface area contributed by atoms with Crippen molar-refractivity contribution >= 4 is 0 Å². The zero-order chi connectivity index (χ0) is 17.0. The van der Waals surface area contributed by atoms with Crippen molar-refractivity contribution in [2.75, 3.05) is 0 Å². The van der Waals surface area contributed by atoms with Crippen molar-refractivity contribution in [3.63, 3.8) is 0 Å². The first-order valence-electron chi connectivity index (χ1n) is 8.44. The Morgan fingerprint density at radius 2 is 1.04 bits per heavy atom. The minimum Gasteiger partial charge on any atom is -0.282 e. The summed E-state index contributed by atoms with van der Waals surface area (Å²) in [7, 11) is 0. The molecule has 2 N–H and O–H groups in total. The highest BCUT2D eigenvalue weighted by atomic mass is 15.1. The maximum atomic E-state index is 4.22. The third kappa shape index (κ3) is 3.11. The molecule has 2 heterocycles. The van der Waals surface area contributed by atoms with Crippen LogP contribution in [0.4, 0.5) is 0 Å². The standard InChI is InChI=1S/C21H20N4/c1-3-7-17(8-4-1)15-21(19-11-13-22-24-19,20-12-14-23-25-20)16-18-9-5-2-6-10-18/h1-14H,15-16H2,(H,22,24)(H,23,25). The monoisotopic (exact) mass is 328 g/mol. The third-order valence-corrected chi connectivity index (χ3v) is 4.73. The number of nitrogens with one attached hydrogen (secondary N) is 2. The Balaban J connectivity index is 1.85. The van der Waals surface area contributed by atoms with Crippen LogP contribution in [0.25, 0.3) is 0 Å². The molecule has 0 saturated carbocycles. The van der Waals surface area contributed by atoms with Gasteiger partial charge in [-0.1, -0.05) is 60.7 Å². The van der Waals surface area contributed by atoms with Gasteiger partial charge in [-0.15, -0.1) is 0 Å². The lowest BCUT2D eigenvalue weighted by molar-refractivity contribution is 0.475.